The van der Waals surface area contributed by atoms with Gasteiger partial charge in [-0.3, -0.25) is 9.69 Å². The van der Waals surface area contributed by atoms with Gasteiger partial charge in [-0.2, -0.15) is 0 Å². The number of hydrogen-bond donors (Lipinski definition) is 1. The van der Waals surface area contributed by atoms with E-state index in [-0.39, 0.29) is 24.5 Å². The Morgan fingerprint density at radius 2 is 2.00 bits per heavy atom. The van der Waals surface area contributed by atoms with Crippen LogP contribution < -0.4 is 0 Å². The third kappa shape index (κ3) is 4.56. The third-order valence-electron chi connectivity index (χ3n) is 3.83. The number of benzene rings is 1. The molecule has 1 aliphatic heterocycles. The smallest absolute Gasteiger partial charge is 0.338 e. The van der Waals surface area contributed by atoms with Gasteiger partial charge in [0, 0.05) is 12.6 Å². The molecule has 1 atom stereocenters. The highest BCUT2D eigenvalue weighted by Gasteiger charge is 2.26. The number of rotatable bonds is 6. The van der Waals surface area contributed by atoms with Crippen molar-refractivity contribution in [2.24, 2.45) is 0 Å². The fourth-order valence-electron chi connectivity index (χ4n) is 2.80. The maximum absolute atomic E-state index is 11.8. The molecule has 0 radical (unpaired) electrons. The molecule has 1 unspecified atom stereocenters. The average Bonchev–Trinajstić information content (AvgIpc) is 2.85. The zero-order chi connectivity index (χ0) is 16.1. The van der Waals surface area contributed by atoms with E-state index in [0.29, 0.717) is 5.56 Å². The SMILES string of the molecule is CC(C)OC(=O)c1ccc(CN2CCCC2CC(=O)O)cc1. The van der Waals surface area contributed by atoms with Crippen LogP contribution in [0.3, 0.4) is 0 Å². The first-order chi connectivity index (χ1) is 10.5. The molecule has 5 nitrogen and oxygen atoms in total. The summed E-state index contributed by atoms with van der Waals surface area (Å²) < 4.78 is 5.16. The van der Waals surface area contributed by atoms with Crippen LogP contribution in [0, 0.1) is 0 Å². The van der Waals surface area contributed by atoms with Crippen molar-refractivity contribution in [3.05, 3.63) is 35.4 Å². The van der Waals surface area contributed by atoms with Gasteiger partial charge in [-0.25, -0.2) is 4.79 Å². The van der Waals surface area contributed by atoms with Crippen LogP contribution in [0.15, 0.2) is 24.3 Å². The van der Waals surface area contributed by atoms with Crippen molar-refractivity contribution in [2.75, 3.05) is 6.54 Å². The van der Waals surface area contributed by atoms with Crippen molar-refractivity contribution in [1.82, 2.24) is 4.90 Å². The molecule has 0 aromatic heterocycles. The van der Waals surface area contributed by atoms with E-state index in [1.54, 1.807) is 12.1 Å². The maximum atomic E-state index is 11.8. The molecule has 1 aromatic rings. The predicted molar refractivity (Wildman–Crippen MR) is 82.7 cm³/mol. The first kappa shape index (κ1) is 16.5. The van der Waals surface area contributed by atoms with E-state index in [1.807, 2.05) is 26.0 Å². The Balaban J connectivity index is 1.96. The largest absolute Gasteiger partial charge is 0.481 e. The average molecular weight is 305 g/mol. The molecule has 0 bridgehead atoms. The third-order valence-corrected chi connectivity index (χ3v) is 3.83. The normalized spacial score (nSPS) is 18.6. The van der Waals surface area contributed by atoms with E-state index >= 15 is 0 Å². The molecule has 0 amide bonds. The van der Waals surface area contributed by atoms with Gasteiger partial charge in [0.2, 0.25) is 0 Å². The van der Waals surface area contributed by atoms with E-state index < -0.39 is 5.97 Å². The molecular formula is C17H23NO4. The number of likely N-dealkylation sites (tertiary alicyclic amines) is 1. The van der Waals surface area contributed by atoms with Crippen LogP contribution in [0.4, 0.5) is 0 Å². The van der Waals surface area contributed by atoms with E-state index in [2.05, 4.69) is 4.90 Å². The van der Waals surface area contributed by atoms with Crippen LogP contribution in [0.25, 0.3) is 0 Å². The zero-order valence-corrected chi connectivity index (χ0v) is 13.1. The molecule has 0 saturated carbocycles. The summed E-state index contributed by atoms with van der Waals surface area (Å²) in [6, 6.07) is 7.47. The van der Waals surface area contributed by atoms with Gasteiger partial charge in [0.25, 0.3) is 0 Å². The first-order valence-corrected chi connectivity index (χ1v) is 7.71. The number of carboxylic acids is 1. The van der Waals surface area contributed by atoms with Gasteiger partial charge >= 0.3 is 11.9 Å². The van der Waals surface area contributed by atoms with Crippen molar-refractivity contribution >= 4 is 11.9 Å². The Hall–Kier alpha value is -1.88. The summed E-state index contributed by atoms with van der Waals surface area (Å²) in [6.45, 7) is 5.29. The molecule has 1 saturated heterocycles. The summed E-state index contributed by atoms with van der Waals surface area (Å²) in [5, 5.41) is 8.95. The fraction of sp³-hybridized carbons (Fsp3) is 0.529. The van der Waals surface area contributed by atoms with Gasteiger partial charge in [-0.05, 0) is 50.9 Å². The minimum Gasteiger partial charge on any atom is -0.481 e. The molecule has 0 spiro atoms. The molecule has 1 heterocycles. The van der Waals surface area contributed by atoms with Crippen LogP contribution in [-0.2, 0) is 16.1 Å². The van der Waals surface area contributed by atoms with Crippen molar-refractivity contribution in [3.63, 3.8) is 0 Å². The minimum absolute atomic E-state index is 0.114. The van der Waals surface area contributed by atoms with Crippen LogP contribution >= 0.6 is 0 Å². The number of ether oxygens (including phenoxy) is 1. The summed E-state index contributed by atoms with van der Waals surface area (Å²) in [6.07, 6.45) is 2.04. The van der Waals surface area contributed by atoms with E-state index in [9.17, 15) is 9.59 Å². The van der Waals surface area contributed by atoms with Crippen molar-refractivity contribution < 1.29 is 19.4 Å². The van der Waals surface area contributed by atoms with Crippen LogP contribution in [-0.4, -0.2) is 40.6 Å². The van der Waals surface area contributed by atoms with E-state index in [1.165, 1.54) is 0 Å². The Morgan fingerprint density at radius 1 is 1.32 bits per heavy atom. The summed E-state index contributed by atoms with van der Waals surface area (Å²) >= 11 is 0. The highest BCUT2D eigenvalue weighted by molar-refractivity contribution is 5.89. The molecule has 1 fully saturated rings. The van der Waals surface area contributed by atoms with Crippen LogP contribution in [0.2, 0.25) is 0 Å². The molecule has 2 rings (SSSR count). The summed E-state index contributed by atoms with van der Waals surface area (Å²) in [5.74, 6) is -1.06. The van der Waals surface area contributed by atoms with Gasteiger partial charge in [-0.1, -0.05) is 12.1 Å². The molecule has 1 N–H and O–H groups in total. The van der Waals surface area contributed by atoms with E-state index in [0.717, 1.165) is 31.5 Å². The molecule has 1 aromatic carbocycles. The Kier molecular flexibility index (Phi) is 5.55. The molecule has 0 aliphatic carbocycles. The number of carbonyl (C=O) groups excluding carboxylic acids is 1. The number of carboxylic acid groups (broad SMARTS) is 1. The predicted octanol–water partition coefficient (Wildman–Crippen LogP) is 2.69. The Bertz CT molecular complexity index is 524. The second-order valence-corrected chi connectivity index (χ2v) is 6.02. The molecule has 5 heteroatoms. The zero-order valence-electron chi connectivity index (χ0n) is 13.1. The highest BCUT2D eigenvalue weighted by atomic mass is 16.5. The minimum atomic E-state index is -0.747. The van der Waals surface area contributed by atoms with Gasteiger partial charge in [0.05, 0.1) is 18.1 Å². The number of esters is 1. The lowest BCUT2D eigenvalue weighted by Crippen LogP contribution is -2.30. The summed E-state index contributed by atoms with van der Waals surface area (Å²) in [5.41, 5.74) is 1.62. The lowest BCUT2D eigenvalue weighted by atomic mass is 10.1. The standard InChI is InChI=1S/C17H23NO4/c1-12(2)22-17(21)14-7-5-13(6-8-14)11-18-9-3-4-15(18)10-16(19)20/h5-8,12,15H,3-4,9-11H2,1-2H3,(H,19,20). The van der Waals surface area contributed by atoms with Crippen molar-refractivity contribution in [1.29, 1.82) is 0 Å². The maximum Gasteiger partial charge on any atom is 0.338 e. The molecular weight excluding hydrogens is 282 g/mol. The summed E-state index contributed by atoms with van der Waals surface area (Å²) in [4.78, 5) is 24.9. The first-order valence-electron chi connectivity index (χ1n) is 7.71. The highest BCUT2D eigenvalue weighted by Crippen LogP contribution is 2.22. The van der Waals surface area contributed by atoms with Crippen LogP contribution in [0.5, 0.6) is 0 Å². The van der Waals surface area contributed by atoms with Gasteiger partial charge in [0.1, 0.15) is 0 Å². The number of carbonyl (C=O) groups is 2. The second kappa shape index (κ2) is 7.40. The number of aliphatic carboxylic acids is 1. The lowest BCUT2D eigenvalue weighted by molar-refractivity contribution is -0.138. The molecule has 22 heavy (non-hydrogen) atoms. The van der Waals surface area contributed by atoms with Gasteiger partial charge in [-0.15, -0.1) is 0 Å². The van der Waals surface area contributed by atoms with Crippen LogP contribution in [0.1, 0.15) is 49.0 Å². The molecule has 120 valence electrons. The van der Waals surface area contributed by atoms with E-state index in [4.69, 9.17) is 9.84 Å². The lowest BCUT2D eigenvalue weighted by Gasteiger charge is -2.23. The second-order valence-electron chi connectivity index (χ2n) is 6.02. The number of nitrogens with zero attached hydrogens (tertiary/aromatic N) is 1. The molecule has 1 aliphatic rings. The van der Waals surface area contributed by atoms with Crippen molar-refractivity contribution in [2.45, 2.75) is 51.8 Å². The topological polar surface area (TPSA) is 66.8 Å². The fourth-order valence-corrected chi connectivity index (χ4v) is 2.80. The number of hydrogen-bond acceptors (Lipinski definition) is 4. The van der Waals surface area contributed by atoms with Crippen molar-refractivity contribution in [3.8, 4) is 0 Å². The Morgan fingerprint density at radius 3 is 2.59 bits per heavy atom. The quantitative estimate of drug-likeness (QED) is 0.819. The Labute approximate surface area is 130 Å². The van der Waals surface area contributed by atoms with Gasteiger partial charge in [0.15, 0.2) is 0 Å². The summed E-state index contributed by atoms with van der Waals surface area (Å²) in [7, 11) is 0. The monoisotopic (exact) mass is 305 g/mol. The van der Waals surface area contributed by atoms with Gasteiger partial charge < -0.3 is 9.84 Å².